The van der Waals surface area contributed by atoms with Crippen LogP contribution in [0.2, 0.25) is 0 Å². The third kappa shape index (κ3) is 1.98. The van der Waals surface area contributed by atoms with Gasteiger partial charge in [-0.15, -0.1) is 0 Å². The van der Waals surface area contributed by atoms with Crippen LogP contribution >= 0.6 is 0 Å². The van der Waals surface area contributed by atoms with Crippen LogP contribution in [-0.2, 0) is 6.54 Å². The molecule has 0 unspecified atom stereocenters. The number of aliphatic imine (C=N–C) groups is 1. The number of imidazole rings is 1. The molecule has 0 aliphatic carbocycles. The predicted octanol–water partition coefficient (Wildman–Crippen LogP) is 0.618. The number of nitrogens with two attached hydrogens (primary N) is 2. The lowest BCUT2D eigenvalue weighted by atomic mass is 10.3. The topological polar surface area (TPSA) is 82.2 Å². The largest absolute Gasteiger partial charge is 0.370 e. The molecule has 84 valence electrons. The van der Waals surface area contributed by atoms with Crippen LogP contribution in [0, 0.1) is 6.92 Å². The number of hydrogen-bond acceptors (Lipinski definition) is 2. The Morgan fingerprint density at radius 3 is 2.88 bits per heavy atom. The SMILES string of the molecule is Cc1nc2ccccc2n1CCN=C(N)N. The molecule has 2 rings (SSSR count). The summed E-state index contributed by atoms with van der Waals surface area (Å²) in [6, 6.07) is 8.03. The molecule has 2 aromatic rings. The Balaban J connectivity index is 2.29. The summed E-state index contributed by atoms with van der Waals surface area (Å²) in [6.07, 6.45) is 0. The van der Waals surface area contributed by atoms with E-state index in [9.17, 15) is 0 Å². The van der Waals surface area contributed by atoms with Gasteiger partial charge < -0.3 is 16.0 Å². The molecule has 0 atom stereocenters. The molecule has 0 fully saturated rings. The Bertz CT molecular complexity index is 522. The summed E-state index contributed by atoms with van der Waals surface area (Å²) >= 11 is 0. The molecule has 1 heterocycles. The fraction of sp³-hybridized carbons (Fsp3) is 0.273. The highest BCUT2D eigenvalue weighted by Crippen LogP contribution is 2.14. The van der Waals surface area contributed by atoms with Gasteiger partial charge in [0.15, 0.2) is 5.96 Å². The van der Waals surface area contributed by atoms with Crippen molar-refractivity contribution in [3.63, 3.8) is 0 Å². The Morgan fingerprint density at radius 2 is 2.12 bits per heavy atom. The van der Waals surface area contributed by atoms with Crippen LogP contribution in [0.25, 0.3) is 11.0 Å². The molecule has 0 aliphatic rings. The number of para-hydroxylation sites is 2. The fourth-order valence-electron chi connectivity index (χ4n) is 1.76. The van der Waals surface area contributed by atoms with E-state index in [-0.39, 0.29) is 5.96 Å². The molecule has 16 heavy (non-hydrogen) atoms. The summed E-state index contributed by atoms with van der Waals surface area (Å²) in [5.74, 6) is 1.11. The monoisotopic (exact) mass is 217 g/mol. The Labute approximate surface area is 93.8 Å². The van der Waals surface area contributed by atoms with E-state index in [2.05, 4.69) is 14.5 Å². The predicted molar refractivity (Wildman–Crippen MR) is 65.1 cm³/mol. The molecule has 0 saturated heterocycles. The second-order valence-electron chi connectivity index (χ2n) is 3.61. The Morgan fingerprint density at radius 1 is 1.38 bits per heavy atom. The molecule has 5 nitrogen and oxygen atoms in total. The van der Waals surface area contributed by atoms with E-state index in [0.29, 0.717) is 6.54 Å². The van der Waals surface area contributed by atoms with E-state index < -0.39 is 0 Å². The number of aryl methyl sites for hydroxylation is 1. The molecule has 0 saturated carbocycles. The molecule has 4 N–H and O–H groups in total. The summed E-state index contributed by atoms with van der Waals surface area (Å²) in [6.45, 7) is 3.29. The molecule has 5 heteroatoms. The molecule has 1 aromatic carbocycles. The quantitative estimate of drug-likeness (QED) is 0.584. The van der Waals surface area contributed by atoms with Crippen LogP contribution < -0.4 is 11.5 Å². The van der Waals surface area contributed by atoms with E-state index >= 15 is 0 Å². The number of hydrogen-bond donors (Lipinski definition) is 2. The number of rotatable bonds is 3. The van der Waals surface area contributed by atoms with Crippen molar-refractivity contribution in [1.29, 1.82) is 0 Å². The second kappa shape index (κ2) is 4.22. The fourth-order valence-corrected chi connectivity index (χ4v) is 1.76. The minimum atomic E-state index is 0.127. The van der Waals surface area contributed by atoms with Gasteiger partial charge in [0.05, 0.1) is 17.6 Å². The Kier molecular flexibility index (Phi) is 2.76. The molecule has 1 aromatic heterocycles. The van der Waals surface area contributed by atoms with Crippen molar-refractivity contribution in [2.24, 2.45) is 16.5 Å². The van der Waals surface area contributed by atoms with Crippen molar-refractivity contribution < 1.29 is 0 Å². The van der Waals surface area contributed by atoms with Crippen LogP contribution in [-0.4, -0.2) is 22.1 Å². The number of guanidine groups is 1. The summed E-state index contributed by atoms with van der Waals surface area (Å²) in [4.78, 5) is 8.43. The zero-order valence-electron chi connectivity index (χ0n) is 9.22. The van der Waals surface area contributed by atoms with E-state index in [1.165, 1.54) is 0 Å². The highest BCUT2D eigenvalue weighted by atomic mass is 15.1. The molecular formula is C11H15N5. The van der Waals surface area contributed by atoms with E-state index in [1.807, 2.05) is 31.2 Å². The number of aromatic nitrogens is 2. The molecular weight excluding hydrogens is 202 g/mol. The summed E-state index contributed by atoms with van der Waals surface area (Å²) in [5, 5.41) is 0. The van der Waals surface area contributed by atoms with Crippen molar-refractivity contribution in [1.82, 2.24) is 9.55 Å². The zero-order chi connectivity index (χ0) is 11.5. The van der Waals surface area contributed by atoms with Gasteiger partial charge in [-0.3, -0.25) is 4.99 Å². The Hall–Kier alpha value is -2.04. The smallest absolute Gasteiger partial charge is 0.185 e. The lowest BCUT2D eigenvalue weighted by Crippen LogP contribution is -2.23. The van der Waals surface area contributed by atoms with Gasteiger partial charge in [-0.2, -0.15) is 0 Å². The van der Waals surface area contributed by atoms with Crippen molar-refractivity contribution in [3.8, 4) is 0 Å². The van der Waals surface area contributed by atoms with Gasteiger partial charge in [0.2, 0.25) is 0 Å². The van der Waals surface area contributed by atoms with Gasteiger partial charge in [0.25, 0.3) is 0 Å². The van der Waals surface area contributed by atoms with Crippen molar-refractivity contribution >= 4 is 17.0 Å². The summed E-state index contributed by atoms with van der Waals surface area (Å²) in [5.41, 5.74) is 12.7. The maximum absolute atomic E-state index is 5.29. The third-order valence-electron chi connectivity index (χ3n) is 2.46. The van der Waals surface area contributed by atoms with Crippen LogP contribution in [0.3, 0.4) is 0 Å². The van der Waals surface area contributed by atoms with E-state index in [4.69, 9.17) is 11.5 Å². The van der Waals surface area contributed by atoms with Crippen LogP contribution in [0.4, 0.5) is 0 Å². The second-order valence-corrected chi connectivity index (χ2v) is 3.61. The highest BCUT2D eigenvalue weighted by Gasteiger charge is 2.05. The van der Waals surface area contributed by atoms with E-state index in [0.717, 1.165) is 23.4 Å². The standard InChI is InChI=1S/C11H15N5/c1-8-15-9-4-2-3-5-10(9)16(8)7-6-14-11(12)13/h2-5H,6-7H2,1H3,(H4,12,13,14). The first-order valence-electron chi connectivity index (χ1n) is 5.16. The minimum absolute atomic E-state index is 0.127. The minimum Gasteiger partial charge on any atom is -0.370 e. The van der Waals surface area contributed by atoms with Gasteiger partial charge >= 0.3 is 0 Å². The molecule has 0 radical (unpaired) electrons. The van der Waals surface area contributed by atoms with Gasteiger partial charge in [0.1, 0.15) is 5.82 Å². The maximum Gasteiger partial charge on any atom is 0.185 e. The van der Waals surface area contributed by atoms with Gasteiger partial charge in [-0.25, -0.2) is 4.98 Å². The lowest BCUT2D eigenvalue weighted by molar-refractivity contribution is 0.704. The zero-order valence-corrected chi connectivity index (χ0v) is 9.22. The number of fused-ring (bicyclic) bond motifs is 1. The maximum atomic E-state index is 5.29. The van der Waals surface area contributed by atoms with Gasteiger partial charge in [0, 0.05) is 6.54 Å². The van der Waals surface area contributed by atoms with Gasteiger partial charge in [-0.1, -0.05) is 12.1 Å². The number of benzene rings is 1. The van der Waals surface area contributed by atoms with Gasteiger partial charge in [-0.05, 0) is 19.1 Å². The van der Waals surface area contributed by atoms with Crippen LogP contribution in [0.1, 0.15) is 5.82 Å². The highest BCUT2D eigenvalue weighted by molar-refractivity contribution is 5.76. The lowest BCUT2D eigenvalue weighted by Gasteiger charge is -2.04. The average molecular weight is 217 g/mol. The molecule has 0 bridgehead atoms. The summed E-state index contributed by atoms with van der Waals surface area (Å²) in [7, 11) is 0. The van der Waals surface area contributed by atoms with Crippen molar-refractivity contribution in [3.05, 3.63) is 30.1 Å². The van der Waals surface area contributed by atoms with Crippen molar-refractivity contribution in [2.45, 2.75) is 13.5 Å². The molecule has 0 spiro atoms. The molecule has 0 amide bonds. The van der Waals surface area contributed by atoms with Crippen LogP contribution in [0.5, 0.6) is 0 Å². The number of nitrogens with zero attached hydrogens (tertiary/aromatic N) is 3. The third-order valence-corrected chi connectivity index (χ3v) is 2.46. The van der Waals surface area contributed by atoms with Crippen LogP contribution in [0.15, 0.2) is 29.3 Å². The normalized spacial score (nSPS) is 10.6. The summed E-state index contributed by atoms with van der Waals surface area (Å²) < 4.78 is 2.11. The first kappa shape index (κ1) is 10.5. The average Bonchev–Trinajstić information content (AvgIpc) is 2.55. The van der Waals surface area contributed by atoms with Crippen molar-refractivity contribution in [2.75, 3.05) is 6.54 Å². The molecule has 0 aliphatic heterocycles. The first-order chi connectivity index (χ1) is 7.68. The first-order valence-corrected chi connectivity index (χ1v) is 5.16. The van der Waals surface area contributed by atoms with E-state index in [1.54, 1.807) is 0 Å².